The van der Waals surface area contributed by atoms with E-state index in [1.165, 1.54) is 257 Å². The number of carbonyl (C=O) groups is 2. The van der Waals surface area contributed by atoms with E-state index < -0.39 is 0 Å². The van der Waals surface area contributed by atoms with Crippen LogP contribution < -0.4 is 20.2 Å². The Labute approximate surface area is 478 Å². The largest absolute Gasteiger partial charge is 0.307 e. The van der Waals surface area contributed by atoms with Crippen LogP contribution in [-0.2, 0) is 9.59 Å². The van der Waals surface area contributed by atoms with Crippen molar-refractivity contribution in [1.29, 1.82) is 0 Å². The zero-order valence-corrected chi connectivity index (χ0v) is 52.4. The molecule has 2 amide bonds. The van der Waals surface area contributed by atoms with Gasteiger partial charge in [-0.25, -0.2) is 0 Å². The molecular weight excluding hydrogens is 1080 g/mol. The Bertz CT molecular complexity index is 1990. The first-order valence-electron chi connectivity index (χ1n) is 31.4. The van der Waals surface area contributed by atoms with Crippen LogP contribution in [0.4, 0.5) is 11.4 Å². The van der Waals surface area contributed by atoms with Crippen molar-refractivity contribution in [3.05, 3.63) is 64.2 Å². The van der Waals surface area contributed by atoms with Gasteiger partial charge in [0, 0.05) is 33.3 Å². The molecule has 0 N–H and O–H groups in total. The lowest BCUT2D eigenvalue weighted by atomic mass is 9.93. The number of rotatable bonds is 46. The minimum Gasteiger partial charge on any atom is -0.307 e. The molecule has 0 fully saturated rings. The van der Waals surface area contributed by atoms with Crippen molar-refractivity contribution in [2.24, 2.45) is 11.8 Å². The van der Waals surface area contributed by atoms with Crippen molar-refractivity contribution in [2.45, 2.75) is 285 Å². The molecule has 0 bridgehead atoms. The van der Waals surface area contributed by atoms with Crippen LogP contribution in [0.3, 0.4) is 0 Å². The molecule has 8 heteroatoms. The number of nitrogens with zero attached hydrogens (tertiary/aromatic N) is 2. The highest BCUT2D eigenvalue weighted by atomic mass is 79.9. The summed E-state index contributed by atoms with van der Waals surface area (Å²) in [6.45, 7) is 10.7. The normalized spacial score (nSPS) is 14.3. The molecule has 2 aliphatic heterocycles. The van der Waals surface area contributed by atoms with Gasteiger partial charge in [0.1, 0.15) is 0 Å². The quantitative estimate of drug-likeness (QED) is 0.0529. The molecule has 74 heavy (non-hydrogen) atoms. The van der Waals surface area contributed by atoms with E-state index in [4.69, 9.17) is 0 Å². The minimum atomic E-state index is 0.133. The highest BCUT2D eigenvalue weighted by molar-refractivity contribution is 9.11. The van der Waals surface area contributed by atoms with Gasteiger partial charge in [0.2, 0.25) is 0 Å². The Kier molecular flexibility index (Phi) is 32.4. The predicted molar refractivity (Wildman–Crippen MR) is 334 cm³/mol. The van der Waals surface area contributed by atoms with Crippen LogP contribution in [-0.4, -0.2) is 24.9 Å². The third-order valence-electron chi connectivity index (χ3n) is 16.5. The number of thiophene rings is 2. The third kappa shape index (κ3) is 21.8. The van der Waals surface area contributed by atoms with E-state index in [2.05, 4.69) is 106 Å². The van der Waals surface area contributed by atoms with Gasteiger partial charge in [0.15, 0.2) is 0 Å². The summed E-state index contributed by atoms with van der Waals surface area (Å²) >= 11 is 10.8. The van der Waals surface area contributed by atoms with Gasteiger partial charge in [-0.15, -0.1) is 22.7 Å². The van der Waals surface area contributed by atoms with Crippen molar-refractivity contribution < 1.29 is 9.59 Å². The summed E-state index contributed by atoms with van der Waals surface area (Å²) in [7, 11) is 0. The summed E-state index contributed by atoms with van der Waals surface area (Å²) in [5.74, 6) is 1.16. The van der Waals surface area contributed by atoms with Crippen LogP contribution in [0.25, 0.3) is 11.1 Å². The second kappa shape index (κ2) is 38.0. The van der Waals surface area contributed by atoms with Crippen molar-refractivity contribution >= 4 is 88.9 Å². The summed E-state index contributed by atoms with van der Waals surface area (Å²) in [5.41, 5.74) is 3.62. The smallest absolute Gasteiger partial charge is 0.260 e. The standard InChI is InChI=1S/C66H104Br2N2O2S2/c1-5-9-13-17-21-25-27-31-35-39-43-53(41-37-33-29-23-19-15-11-7-3)51-69-57-49-56-58(50-55(57)63(65(69)71)59-45-47-61(67)73-59)70(66(72)64(56)60-46-48-62(68)74-60)52-54(42-38-34-30-24-20-16-12-8-4)44-40-36-32-28-26-22-18-14-10-6-2/h45-50,53-54H,5-44,51-52H2,1-4H3. The fourth-order valence-corrected chi connectivity index (χ4v) is 14.9. The van der Waals surface area contributed by atoms with Crippen molar-refractivity contribution in [2.75, 3.05) is 22.9 Å². The molecular formula is C66H104Br2N2O2S2. The van der Waals surface area contributed by atoms with Gasteiger partial charge in [-0.1, -0.05) is 259 Å². The van der Waals surface area contributed by atoms with Gasteiger partial charge in [-0.2, -0.15) is 0 Å². The molecule has 4 nitrogen and oxygen atoms in total. The van der Waals surface area contributed by atoms with E-state index in [1.54, 1.807) is 22.7 Å². The first-order valence-corrected chi connectivity index (χ1v) is 34.6. The maximum absolute atomic E-state index is 15.3. The number of hydrogen-bond acceptors (Lipinski definition) is 4. The molecule has 0 saturated carbocycles. The Balaban J connectivity index is 1.41. The molecule has 2 unspecified atom stereocenters. The van der Waals surface area contributed by atoms with E-state index in [0.29, 0.717) is 11.8 Å². The first-order chi connectivity index (χ1) is 36.3. The van der Waals surface area contributed by atoms with Crippen LogP contribution in [0.1, 0.15) is 294 Å². The molecule has 416 valence electrons. The molecule has 5 rings (SSSR count). The number of hydrogen-bond donors (Lipinski definition) is 0. The summed E-state index contributed by atoms with van der Waals surface area (Å²) in [6, 6.07) is 13.0. The highest BCUT2D eigenvalue weighted by Gasteiger charge is 2.38. The molecule has 2 atom stereocenters. The van der Waals surface area contributed by atoms with Crippen molar-refractivity contribution in [3.63, 3.8) is 0 Å². The number of benzene rings is 1. The zero-order valence-electron chi connectivity index (χ0n) is 47.6. The average Bonchev–Trinajstić information content (AvgIpc) is 4.16. The SMILES string of the molecule is CCCCCCCCCCCCC(CCCCCCCCCC)CN1C(=O)C(c2ccc(Br)s2)=c2cc3c(cc21)=C(c1ccc(Br)s1)C(=O)N3CC(CCCCCCCCCC)CCCCCCCCCCCC. The molecule has 2 aliphatic rings. The Morgan fingerprint density at radius 3 is 0.838 bits per heavy atom. The second-order valence-electron chi connectivity index (χ2n) is 22.9. The van der Waals surface area contributed by atoms with Crippen LogP contribution in [0.2, 0.25) is 0 Å². The Hall–Kier alpha value is -1.74. The maximum atomic E-state index is 15.3. The van der Waals surface area contributed by atoms with Crippen LogP contribution in [0.15, 0.2) is 44.0 Å². The number of amides is 2. The number of fused-ring (bicyclic) bond motifs is 2. The van der Waals surface area contributed by atoms with Gasteiger partial charge in [-0.05, 0) is 106 Å². The molecule has 3 aromatic rings. The van der Waals surface area contributed by atoms with E-state index in [1.807, 2.05) is 0 Å². The minimum absolute atomic E-state index is 0.133. The monoisotopic (exact) mass is 1180 g/mol. The van der Waals surface area contributed by atoms with Crippen molar-refractivity contribution in [1.82, 2.24) is 0 Å². The predicted octanol–water partition coefficient (Wildman–Crippen LogP) is 21.3. The molecule has 0 saturated heterocycles. The van der Waals surface area contributed by atoms with Gasteiger partial charge in [-0.3, -0.25) is 9.59 Å². The fourth-order valence-electron chi connectivity index (χ4n) is 12.0. The highest BCUT2D eigenvalue weighted by Crippen LogP contribution is 2.38. The Morgan fingerprint density at radius 1 is 0.365 bits per heavy atom. The lowest BCUT2D eigenvalue weighted by molar-refractivity contribution is -0.114. The van der Waals surface area contributed by atoms with Crippen LogP contribution in [0, 0.1) is 11.8 Å². The molecule has 4 heterocycles. The maximum Gasteiger partial charge on any atom is 0.260 e. The van der Waals surface area contributed by atoms with Crippen LogP contribution in [0.5, 0.6) is 0 Å². The molecule has 2 aromatic heterocycles. The second-order valence-corrected chi connectivity index (χ2v) is 27.8. The average molecular weight is 1180 g/mol. The third-order valence-corrected chi connectivity index (χ3v) is 19.8. The first kappa shape index (κ1) is 63.1. The van der Waals surface area contributed by atoms with Gasteiger partial charge < -0.3 is 9.80 Å². The summed E-state index contributed by atoms with van der Waals surface area (Å²) < 4.78 is 2.07. The van der Waals surface area contributed by atoms with E-state index in [-0.39, 0.29) is 11.8 Å². The summed E-state index contributed by atoms with van der Waals surface area (Å²) in [6.07, 6.45) is 52.6. The summed E-state index contributed by atoms with van der Waals surface area (Å²) in [4.78, 5) is 36.9. The number of anilines is 2. The molecule has 1 aromatic carbocycles. The number of carbonyl (C=O) groups excluding carboxylic acids is 2. The molecule has 0 aliphatic carbocycles. The van der Waals surface area contributed by atoms with Crippen LogP contribution >= 0.6 is 54.5 Å². The lowest BCUT2D eigenvalue weighted by Crippen LogP contribution is -2.35. The lowest BCUT2D eigenvalue weighted by Gasteiger charge is -2.27. The van der Waals surface area contributed by atoms with Gasteiger partial charge in [0.05, 0.1) is 30.1 Å². The molecule has 0 radical (unpaired) electrons. The number of halogens is 2. The van der Waals surface area contributed by atoms with E-state index in [0.717, 1.165) is 63.4 Å². The zero-order chi connectivity index (χ0) is 52.6. The number of unbranched alkanes of at least 4 members (excludes halogenated alkanes) is 32. The summed E-state index contributed by atoms with van der Waals surface area (Å²) in [5, 5.41) is 2.02. The van der Waals surface area contributed by atoms with Gasteiger partial charge >= 0.3 is 0 Å². The van der Waals surface area contributed by atoms with E-state index >= 15 is 9.59 Å². The van der Waals surface area contributed by atoms with Crippen molar-refractivity contribution in [3.8, 4) is 0 Å². The fraction of sp³-hybridized carbons (Fsp3) is 0.727. The van der Waals surface area contributed by atoms with Gasteiger partial charge in [0.25, 0.3) is 11.8 Å². The topological polar surface area (TPSA) is 40.6 Å². The molecule has 0 spiro atoms. The Morgan fingerprint density at radius 2 is 0.608 bits per heavy atom. The van der Waals surface area contributed by atoms with E-state index in [9.17, 15) is 0 Å².